The molecule has 8 heteroatoms. The third-order valence-corrected chi connectivity index (χ3v) is 7.33. The van der Waals surface area contributed by atoms with Crippen molar-refractivity contribution in [3.8, 4) is 0 Å². The van der Waals surface area contributed by atoms with Gasteiger partial charge >= 0.3 is 0 Å². The minimum Gasteiger partial charge on any atom is -0.342 e. The predicted octanol–water partition coefficient (Wildman–Crippen LogP) is 4.33. The smallest absolute Gasteiger partial charge is 0.262 e. The number of aryl methyl sites for hydroxylation is 2. The minimum atomic E-state index is -3.82. The molecule has 7 nitrogen and oxygen atoms in total. The number of sulfonamides is 1. The van der Waals surface area contributed by atoms with E-state index in [0.717, 1.165) is 5.56 Å². The van der Waals surface area contributed by atoms with Gasteiger partial charge in [-0.25, -0.2) is 8.42 Å². The monoisotopic (exact) mass is 471 g/mol. The Bertz CT molecular complexity index is 1140. The van der Waals surface area contributed by atoms with Gasteiger partial charge in [0, 0.05) is 35.8 Å². The number of benzene rings is 2. The maximum absolute atomic E-state index is 13.0. The molecule has 0 aromatic heterocycles. The molecular formula is C25H33N3O4S. The average molecular weight is 472 g/mol. The predicted molar refractivity (Wildman–Crippen MR) is 131 cm³/mol. The molecule has 2 amide bonds. The van der Waals surface area contributed by atoms with Crippen LogP contribution in [0.5, 0.6) is 0 Å². The Kier molecular flexibility index (Phi) is 7.17. The van der Waals surface area contributed by atoms with Crippen LogP contribution in [-0.4, -0.2) is 38.2 Å². The van der Waals surface area contributed by atoms with Gasteiger partial charge in [0.1, 0.15) is 0 Å². The summed E-state index contributed by atoms with van der Waals surface area (Å²) in [7, 11) is -3.82. The first kappa shape index (κ1) is 24.8. The van der Waals surface area contributed by atoms with Crippen molar-refractivity contribution < 1.29 is 18.0 Å². The van der Waals surface area contributed by atoms with Crippen LogP contribution < -0.4 is 10.0 Å². The Balaban J connectivity index is 1.68. The number of anilines is 2. The average Bonchev–Trinajstić information content (AvgIpc) is 2.73. The van der Waals surface area contributed by atoms with Gasteiger partial charge in [0.2, 0.25) is 11.8 Å². The second-order valence-electron chi connectivity index (χ2n) is 9.76. The zero-order chi connectivity index (χ0) is 24.4. The first-order valence-electron chi connectivity index (χ1n) is 11.2. The van der Waals surface area contributed by atoms with E-state index in [1.165, 1.54) is 6.07 Å². The van der Waals surface area contributed by atoms with Crippen LogP contribution in [-0.2, 0) is 19.6 Å². The first-order valence-corrected chi connectivity index (χ1v) is 12.7. The molecule has 178 valence electrons. The van der Waals surface area contributed by atoms with Crippen molar-refractivity contribution in [2.75, 3.05) is 23.1 Å². The molecule has 33 heavy (non-hydrogen) atoms. The summed E-state index contributed by atoms with van der Waals surface area (Å²) >= 11 is 0. The molecular weight excluding hydrogens is 438 g/mol. The van der Waals surface area contributed by atoms with Gasteiger partial charge in [0.05, 0.1) is 4.90 Å². The fourth-order valence-electron chi connectivity index (χ4n) is 3.95. The Hall–Kier alpha value is -2.87. The van der Waals surface area contributed by atoms with Crippen LogP contribution in [0.25, 0.3) is 0 Å². The third-order valence-electron chi connectivity index (χ3n) is 5.81. The molecule has 0 atom stereocenters. The van der Waals surface area contributed by atoms with Gasteiger partial charge < -0.3 is 10.2 Å². The Labute approximate surface area is 196 Å². The summed E-state index contributed by atoms with van der Waals surface area (Å²) in [5.41, 5.74) is 2.01. The number of nitrogens with one attached hydrogen (secondary N) is 2. The van der Waals surface area contributed by atoms with E-state index in [9.17, 15) is 18.0 Å². The van der Waals surface area contributed by atoms with E-state index >= 15 is 0 Å². The molecule has 2 N–H and O–H groups in total. The zero-order valence-electron chi connectivity index (χ0n) is 19.9. The highest BCUT2D eigenvalue weighted by molar-refractivity contribution is 7.92. The second kappa shape index (κ2) is 9.55. The van der Waals surface area contributed by atoms with Crippen molar-refractivity contribution in [3.63, 3.8) is 0 Å². The van der Waals surface area contributed by atoms with E-state index in [0.29, 0.717) is 42.9 Å². The molecule has 1 aliphatic heterocycles. The maximum Gasteiger partial charge on any atom is 0.262 e. The first-order chi connectivity index (χ1) is 15.4. The highest BCUT2D eigenvalue weighted by Crippen LogP contribution is 2.27. The van der Waals surface area contributed by atoms with Gasteiger partial charge in [-0.15, -0.1) is 0 Å². The normalized spacial score (nSPS) is 15.2. The topological polar surface area (TPSA) is 95.6 Å². The van der Waals surface area contributed by atoms with Gasteiger partial charge in [-0.1, -0.05) is 39.0 Å². The largest absolute Gasteiger partial charge is 0.342 e. The van der Waals surface area contributed by atoms with Crippen LogP contribution in [0, 0.1) is 25.2 Å². The van der Waals surface area contributed by atoms with E-state index in [4.69, 9.17) is 0 Å². The summed E-state index contributed by atoms with van der Waals surface area (Å²) in [6.07, 6.45) is 1.17. The Morgan fingerprint density at radius 2 is 1.64 bits per heavy atom. The Morgan fingerprint density at radius 1 is 0.970 bits per heavy atom. The fourth-order valence-corrected chi connectivity index (χ4v) is 5.27. The van der Waals surface area contributed by atoms with E-state index in [-0.39, 0.29) is 22.6 Å². The van der Waals surface area contributed by atoms with Gasteiger partial charge in [-0.3, -0.25) is 14.3 Å². The number of likely N-dealkylation sites (tertiary alicyclic amines) is 1. The van der Waals surface area contributed by atoms with E-state index < -0.39 is 15.4 Å². The molecule has 0 radical (unpaired) electrons. The number of hydrogen-bond donors (Lipinski definition) is 2. The lowest BCUT2D eigenvalue weighted by Gasteiger charge is -2.35. The fraction of sp³-hybridized carbons (Fsp3) is 0.440. The van der Waals surface area contributed by atoms with Crippen LogP contribution in [0.3, 0.4) is 0 Å². The van der Waals surface area contributed by atoms with E-state index in [2.05, 4.69) is 10.0 Å². The van der Waals surface area contributed by atoms with Crippen LogP contribution in [0.1, 0.15) is 44.7 Å². The lowest BCUT2D eigenvalue weighted by molar-refractivity contribution is -0.142. The molecule has 2 aromatic carbocycles. The molecule has 0 unspecified atom stereocenters. The highest BCUT2D eigenvalue weighted by Gasteiger charge is 2.32. The SMILES string of the molecule is Cc1cccc(NS(=O)(=O)c2cc(NC(=O)C3CCN(C(=O)C(C)(C)C)CC3)ccc2C)c1. The second-order valence-corrected chi connectivity index (χ2v) is 11.4. The number of rotatable bonds is 5. The van der Waals surface area contributed by atoms with Gasteiger partial charge in [0.15, 0.2) is 0 Å². The summed E-state index contributed by atoms with van der Waals surface area (Å²) in [5.74, 6) is -0.284. The number of piperidine rings is 1. The van der Waals surface area contributed by atoms with Crippen molar-refractivity contribution in [1.82, 2.24) is 4.90 Å². The summed E-state index contributed by atoms with van der Waals surface area (Å²) in [4.78, 5) is 27.2. The minimum absolute atomic E-state index is 0.0934. The van der Waals surface area contributed by atoms with Crippen LogP contribution in [0.2, 0.25) is 0 Å². The number of hydrogen-bond acceptors (Lipinski definition) is 4. The highest BCUT2D eigenvalue weighted by atomic mass is 32.2. The molecule has 0 bridgehead atoms. The lowest BCUT2D eigenvalue weighted by Crippen LogP contribution is -2.45. The van der Waals surface area contributed by atoms with Crippen LogP contribution in [0.4, 0.5) is 11.4 Å². The van der Waals surface area contributed by atoms with Crippen molar-refractivity contribution in [1.29, 1.82) is 0 Å². The molecule has 2 aromatic rings. The molecule has 3 rings (SSSR count). The van der Waals surface area contributed by atoms with Gasteiger partial charge in [-0.2, -0.15) is 0 Å². The van der Waals surface area contributed by atoms with Crippen LogP contribution >= 0.6 is 0 Å². The van der Waals surface area contributed by atoms with Gasteiger partial charge in [0.25, 0.3) is 10.0 Å². The summed E-state index contributed by atoms with van der Waals surface area (Å²) < 4.78 is 28.6. The number of nitrogens with zero attached hydrogens (tertiary/aromatic N) is 1. The molecule has 0 spiro atoms. The molecule has 1 fully saturated rings. The standard InChI is InChI=1S/C25H33N3O4S/c1-17-7-6-8-21(15-17)27-33(31,32)22-16-20(10-9-18(22)2)26-23(29)19-11-13-28(14-12-19)24(30)25(3,4)5/h6-10,15-16,19,27H,11-14H2,1-5H3,(H,26,29). The van der Waals surface area contributed by atoms with Crippen molar-refractivity contribution >= 4 is 33.2 Å². The summed E-state index contributed by atoms with van der Waals surface area (Å²) in [6, 6.07) is 12.0. The number of carbonyl (C=O) groups excluding carboxylic acids is 2. The van der Waals surface area contributed by atoms with Gasteiger partial charge in [-0.05, 0) is 62.1 Å². The molecule has 1 heterocycles. The number of carbonyl (C=O) groups is 2. The van der Waals surface area contributed by atoms with E-state index in [1.54, 1.807) is 37.3 Å². The summed E-state index contributed by atoms with van der Waals surface area (Å²) in [6.45, 7) is 10.4. The van der Waals surface area contributed by atoms with Crippen molar-refractivity contribution in [2.24, 2.45) is 11.3 Å². The van der Waals surface area contributed by atoms with Crippen molar-refractivity contribution in [2.45, 2.75) is 52.4 Å². The molecule has 0 saturated carbocycles. The third kappa shape index (κ3) is 6.13. The lowest BCUT2D eigenvalue weighted by atomic mass is 9.90. The molecule has 1 saturated heterocycles. The van der Waals surface area contributed by atoms with Crippen molar-refractivity contribution in [3.05, 3.63) is 53.6 Å². The maximum atomic E-state index is 13.0. The molecule has 0 aliphatic carbocycles. The number of amides is 2. The Morgan fingerprint density at radius 3 is 2.24 bits per heavy atom. The quantitative estimate of drug-likeness (QED) is 0.679. The van der Waals surface area contributed by atoms with Crippen LogP contribution in [0.15, 0.2) is 47.4 Å². The molecule has 1 aliphatic rings. The zero-order valence-corrected chi connectivity index (χ0v) is 20.8. The van der Waals surface area contributed by atoms with E-state index in [1.807, 2.05) is 38.7 Å². The summed E-state index contributed by atoms with van der Waals surface area (Å²) in [5, 5.41) is 2.86.